The number of benzene rings is 1. The van der Waals surface area contributed by atoms with Crippen molar-refractivity contribution in [2.24, 2.45) is 0 Å². The van der Waals surface area contributed by atoms with E-state index in [0.29, 0.717) is 5.13 Å². The lowest BCUT2D eigenvalue weighted by atomic mass is 9.89. The van der Waals surface area contributed by atoms with E-state index in [2.05, 4.69) is 25.9 Å². The van der Waals surface area contributed by atoms with E-state index in [1.807, 2.05) is 17.0 Å². The van der Waals surface area contributed by atoms with Crippen LogP contribution in [0.4, 0.5) is 10.8 Å². The zero-order chi connectivity index (χ0) is 18.4. The number of para-hydroxylation sites is 1. The highest BCUT2D eigenvalue weighted by Crippen LogP contribution is 2.37. The molecule has 2 aromatic heterocycles. The number of H-pyrrole nitrogens is 1. The second kappa shape index (κ2) is 6.53. The molecule has 27 heavy (non-hydrogen) atoms. The fraction of sp³-hybridized carbons (Fsp3) is 0.421. The van der Waals surface area contributed by atoms with Crippen molar-refractivity contribution in [2.75, 3.05) is 36.8 Å². The van der Waals surface area contributed by atoms with Crippen molar-refractivity contribution in [3.05, 3.63) is 35.1 Å². The fourth-order valence-electron chi connectivity index (χ4n) is 4.27. The minimum Gasteiger partial charge on any atom is -0.375 e. The molecule has 0 bridgehead atoms. The summed E-state index contributed by atoms with van der Waals surface area (Å²) in [5.74, 6) is 0.0856. The van der Waals surface area contributed by atoms with Crippen LogP contribution in [-0.4, -0.2) is 51.9 Å². The number of aryl methyl sites for hydroxylation is 1. The molecule has 0 radical (unpaired) electrons. The first kappa shape index (κ1) is 16.6. The van der Waals surface area contributed by atoms with Crippen LogP contribution in [0.25, 0.3) is 11.0 Å². The summed E-state index contributed by atoms with van der Waals surface area (Å²) in [5.41, 5.74) is 9.98. The molecule has 3 N–H and O–H groups in total. The van der Waals surface area contributed by atoms with Gasteiger partial charge in [-0.05, 0) is 31.4 Å². The largest absolute Gasteiger partial charge is 0.375 e. The number of nitrogens with one attached hydrogen (secondary N) is 1. The lowest BCUT2D eigenvalue weighted by molar-refractivity contribution is -0.133. The lowest BCUT2D eigenvalue weighted by Gasteiger charge is -2.38. The first-order valence-corrected chi connectivity index (χ1v) is 10.2. The van der Waals surface area contributed by atoms with Crippen molar-refractivity contribution in [3.8, 4) is 0 Å². The van der Waals surface area contributed by atoms with Crippen LogP contribution in [-0.2, 0) is 11.2 Å². The molecule has 0 spiro atoms. The van der Waals surface area contributed by atoms with E-state index in [1.165, 1.54) is 16.2 Å². The third kappa shape index (κ3) is 2.84. The average Bonchev–Trinajstić information content (AvgIpc) is 3.32. The summed E-state index contributed by atoms with van der Waals surface area (Å²) in [5, 5.41) is 0.580. The molecule has 1 aliphatic carbocycles. The van der Waals surface area contributed by atoms with E-state index in [4.69, 9.17) is 5.73 Å². The molecule has 3 heterocycles. The zero-order valence-electron chi connectivity index (χ0n) is 15.0. The third-order valence-corrected chi connectivity index (χ3v) is 6.59. The van der Waals surface area contributed by atoms with Gasteiger partial charge in [-0.3, -0.25) is 4.79 Å². The van der Waals surface area contributed by atoms with E-state index in [1.54, 1.807) is 6.33 Å². The maximum atomic E-state index is 13.2. The SMILES string of the molecule is Nc1nc2c(s1)CCCC2C(=O)N1CCN(c2cccc3[nH]cnc23)CC1. The van der Waals surface area contributed by atoms with Gasteiger partial charge in [-0.1, -0.05) is 6.07 Å². The Kier molecular flexibility index (Phi) is 4.00. The number of rotatable bonds is 2. The molecule has 0 saturated carbocycles. The molecule has 8 heteroatoms. The van der Waals surface area contributed by atoms with Crippen molar-refractivity contribution in [1.82, 2.24) is 19.9 Å². The first-order chi connectivity index (χ1) is 13.2. The summed E-state index contributed by atoms with van der Waals surface area (Å²) >= 11 is 1.54. The number of nitrogens with two attached hydrogens (primary N) is 1. The number of aromatic nitrogens is 3. The standard InChI is InChI=1S/C19H22N6OS/c20-19-23-16-12(3-1-6-15(16)27-19)18(26)25-9-7-24(8-10-25)14-5-2-4-13-17(14)22-11-21-13/h2,4-5,11-12H,1,3,6-10H2,(H2,20,23)(H,21,22). The number of anilines is 2. The summed E-state index contributed by atoms with van der Waals surface area (Å²) < 4.78 is 0. The smallest absolute Gasteiger partial charge is 0.231 e. The topological polar surface area (TPSA) is 91.1 Å². The van der Waals surface area contributed by atoms with Gasteiger partial charge < -0.3 is 20.5 Å². The van der Waals surface area contributed by atoms with Crippen LogP contribution < -0.4 is 10.6 Å². The van der Waals surface area contributed by atoms with Gasteiger partial charge in [-0.15, -0.1) is 11.3 Å². The highest BCUT2D eigenvalue weighted by Gasteiger charge is 2.34. The molecule has 1 amide bonds. The summed E-state index contributed by atoms with van der Waals surface area (Å²) in [7, 11) is 0. The van der Waals surface area contributed by atoms with Gasteiger partial charge in [0.15, 0.2) is 5.13 Å². The minimum absolute atomic E-state index is 0.122. The zero-order valence-corrected chi connectivity index (χ0v) is 15.8. The highest BCUT2D eigenvalue weighted by molar-refractivity contribution is 7.15. The Hall–Kier alpha value is -2.61. The van der Waals surface area contributed by atoms with E-state index < -0.39 is 0 Å². The van der Waals surface area contributed by atoms with Crippen molar-refractivity contribution in [2.45, 2.75) is 25.2 Å². The molecule has 1 fully saturated rings. The molecular formula is C19H22N6OS. The van der Waals surface area contributed by atoms with Crippen LogP contribution in [0, 0.1) is 0 Å². The second-order valence-electron chi connectivity index (χ2n) is 7.19. The van der Waals surface area contributed by atoms with Crippen molar-refractivity contribution >= 4 is 39.1 Å². The normalized spacial score (nSPS) is 20.1. The van der Waals surface area contributed by atoms with Crippen LogP contribution >= 0.6 is 11.3 Å². The van der Waals surface area contributed by atoms with Gasteiger partial charge in [0.2, 0.25) is 5.91 Å². The number of amides is 1. The van der Waals surface area contributed by atoms with Crippen molar-refractivity contribution < 1.29 is 4.79 Å². The van der Waals surface area contributed by atoms with Gasteiger partial charge in [-0.25, -0.2) is 9.97 Å². The molecule has 1 aliphatic heterocycles. The molecule has 1 atom stereocenters. The Morgan fingerprint density at radius 2 is 2.11 bits per heavy atom. The summed E-state index contributed by atoms with van der Waals surface area (Å²) in [6.07, 6.45) is 4.64. The molecule has 1 saturated heterocycles. The number of fused-ring (bicyclic) bond motifs is 2. The molecule has 1 unspecified atom stereocenters. The van der Waals surface area contributed by atoms with E-state index >= 15 is 0 Å². The monoisotopic (exact) mass is 382 g/mol. The third-order valence-electron chi connectivity index (χ3n) is 5.63. The number of piperazine rings is 1. The van der Waals surface area contributed by atoms with E-state index in [-0.39, 0.29) is 11.8 Å². The molecule has 7 nitrogen and oxygen atoms in total. The number of aromatic amines is 1. The summed E-state index contributed by atoms with van der Waals surface area (Å²) in [6.45, 7) is 3.09. The highest BCUT2D eigenvalue weighted by atomic mass is 32.1. The Morgan fingerprint density at radius 3 is 2.96 bits per heavy atom. The maximum absolute atomic E-state index is 13.2. The minimum atomic E-state index is -0.122. The maximum Gasteiger partial charge on any atom is 0.231 e. The Morgan fingerprint density at radius 1 is 1.26 bits per heavy atom. The molecule has 140 valence electrons. The van der Waals surface area contributed by atoms with Gasteiger partial charge in [0.25, 0.3) is 0 Å². The van der Waals surface area contributed by atoms with E-state index in [0.717, 1.165) is 67.9 Å². The summed E-state index contributed by atoms with van der Waals surface area (Å²) in [6, 6.07) is 6.18. The number of imidazole rings is 1. The molecular weight excluding hydrogens is 360 g/mol. The van der Waals surface area contributed by atoms with Gasteiger partial charge in [0.1, 0.15) is 5.52 Å². The molecule has 2 aliphatic rings. The fourth-order valence-corrected chi connectivity index (χ4v) is 5.21. The van der Waals surface area contributed by atoms with E-state index in [9.17, 15) is 4.79 Å². The number of thiazole rings is 1. The van der Waals surface area contributed by atoms with Crippen LogP contribution in [0.2, 0.25) is 0 Å². The van der Waals surface area contributed by atoms with Crippen LogP contribution in [0.1, 0.15) is 29.3 Å². The first-order valence-electron chi connectivity index (χ1n) is 9.41. The van der Waals surface area contributed by atoms with Gasteiger partial charge in [-0.2, -0.15) is 0 Å². The predicted octanol–water partition coefficient (Wildman–Crippen LogP) is 2.37. The van der Waals surface area contributed by atoms with Gasteiger partial charge in [0.05, 0.1) is 29.1 Å². The van der Waals surface area contributed by atoms with Gasteiger partial charge >= 0.3 is 0 Å². The number of carbonyl (C=O) groups is 1. The van der Waals surface area contributed by atoms with Crippen LogP contribution in [0.15, 0.2) is 24.5 Å². The summed E-state index contributed by atoms with van der Waals surface area (Å²) in [4.78, 5) is 30.7. The quantitative estimate of drug-likeness (QED) is 0.710. The lowest BCUT2D eigenvalue weighted by Crippen LogP contribution is -2.50. The van der Waals surface area contributed by atoms with Crippen LogP contribution in [0.3, 0.4) is 0 Å². The Balaban J connectivity index is 1.31. The number of carbonyl (C=O) groups excluding carboxylic acids is 1. The Labute approximate surface area is 161 Å². The molecule has 1 aromatic carbocycles. The van der Waals surface area contributed by atoms with Crippen molar-refractivity contribution in [1.29, 1.82) is 0 Å². The molecule has 5 rings (SSSR count). The predicted molar refractivity (Wildman–Crippen MR) is 107 cm³/mol. The second-order valence-corrected chi connectivity index (χ2v) is 8.31. The van der Waals surface area contributed by atoms with Gasteiger partial charge in [0, 0.05) is 31.1 Å². The van der Waals surface area contributed by atoms with Crippen molar-refractivity contribution in [3.63, 3.8) is 0 Å². The Bertz CT molecular complexity index is 987. The number of hydrogen-bond acceptors (Lipinski definition) is 6. The number of nitrogens with zero attached hydrogens (tertiary/aromatic N) is 4. The van der Waals surface area contributed by atoms with Crippen LogP contribution in [0.5, 0.6) is 0 Å². The number of nitrogen functional groups attached to an aromatic ring is 1. The molecule has 3 aromatic rings. The number of hydrogen-bond donors (Lipinski definition) is 2. The average molecular weight is 382 g/mol.